The molecule has 0 saturated carbocycles. The van der Waals surface area contributed by atoms with E-state index in [1.165, 1.54) is 0 Å². The maximum Gasteiger partial charge on any atom is 0.303 e. The van der Waals surface area contributed by atoms with E-state index < -0.39 is 5.97 Å². The molecule has 0 radical (unpaired) electrons. The van der Waals surface area contributed by atoms with Crippen LogP contribution in [0.2, 0.25) is 10.0 Å². The number of hydrogen-bond acceptors (Lipinski definition) is 3. The Morgan fingerprint density at radius 1 is 1.32 bits per heavy atom. The second-order valence-electron chi connectivity index (χ2n) is 5.66. The average Bonchev–Trinajstić information content (AvgIpc) is 2.68. The fourth-order valence-electron chi connectivity index (χ4n) is 2.77. The van der Waals surface area contributed by atoms with Gasteiger partial charge in [0.15, 0.2) is 0 Å². The molecule has 1 aromatic rings. The van der Waals surface area contributed by atoms with E-state index in [1.807, 2.05) is 0 Å². The van der Waals surface area contributed by atoms with Gasteiger partial charge < -0.3 is 9.84 Å². The molecule has 0 amide bonds. The summed E-state index contributed by atoms with van der Waals surface area (Å²) in [6.07, 6.45) is 3.24. The van der Waals surface area contributed by atoms with Gasteiger partial charge in [0.2, 0.25) is 0 Å². The molecule has 2 rings (SSSR count). The lowest BCUT2D eigenvalue weighted by Crippen LogP contribution is -2.29. The fraction of sp³-hybridized carbons (Fsp3) is 0.562. The topological polar surface area (TPSA) is 49.8 Å². The van der Waals surface area contributed by atoms with E-state index in [0.29, 0.717) is 28.3 Å². The molecule has 122 valence electrons. The van der Waals surface area contributed by atoms with Crippen molar-refractivity contribution in [3.05, 3.63) is 28.2 Å². The van der Waals surface area contributed by atoms with Crippen molar-refractivity contribution in [3.8, 4) is 5.75 Å². The highest BCUT2D eigenvalue weighted by Gasteiger charge is 2.19. The fourth-order valence-corrected chi connectivity index (χ4v) is 3.11. The largest absolute Gasteiger partial charge is 0.491 e. The monoisotopic (exact) mass is 345 g/mol. The SMILES string of the molecule is O=C(O)C[C@@H]1CCCN(CCOc2cc(Cl)ccc2Cl)CC1. The molecule has 1 heterocycles. The van der Waals surface area contributed by atoms with Crippen LogP contribution in [-0.4, -0.2) is 42.2 Å². The molecule has 4 nitrogen and oxygen atoms in total. The highest BCUT2D eigenvalue weighted by atomic mass is 35.5. The van der Waals surface area contributed by atoms with Crippen LogP contribution >= 0.6 is 23.2 Å². The van der Waals surface area contributed by atoms with Gasteiger partial charge in [0, 0.05) is 24.1 Å². The summed E-state index contributed by atoms with van der Waals surface area (Å²) in [5.41, 5.74) is 0. The maximum atomic E-state index is 10.8. The zero-order chi connectivity index (χ0) is 15.9. The van der Waals surface area contributed by atoms with Crippen molar-refractivity contribution in [2.45, 2.75) is 25.7 Å². The van der Waals surface area contributed by atoms with Crippen molar-refractivity contribution < 1.29 is 14.6 Å². The second-order valence-corrected chi connectivity index (χ2v) is 6.50. The quantitative estimate of drug-likeness (QED) is 0.847. The summed E-state index contributed by atoms with van der Waals surface area (Å²) in [6, 6.07) is 5.17. The maximum absolute atomic E-state index is 10.8. The van der Waals surface area contributed by atoms with Crippen LogP contribution in [0.3, 0.4) is 0 Å². The van der Waals surface area contributed by atoms with Gasteiger partial charge in [-0.2, -0.15) is 0 Å². The van der Waals surface area contributed by atoms with Crippen LogP contribution < -0.4 is 4.74 Å². The lowest BCUT2D eigenvalue weighted by molar-refractivity contribution is -0.138. The number of likely N-dealkylation sites (tertiary alicyclic amines) is 1. The van der Waals surface area contributed by atoms with E-state index in [9.17, 15) is 4.79 Å². The number of benzene rings is 1. The van der Waals surface area contributed by atoms with Gasteiger partial charge in [-0.3, -0.25) is 9.69 Å². The Balaban J connectivity index is 1.75. The molecule has 0 unspecified atom stereocenters. The third kappa shape index (κ3) is 5.67. The lowest BCUT2D eigenvalue weighted by Gasteiger charge is -2.20. The van der Waals surface area contributed by atoms with Crippen LogP contribution in [0.5, 0.6) is 5.75 Å². The molecule has 0 bridgehead atoms. The first-order valence-electron chi connectivity index (χ1n) is 7.56. The van der Waals surface area contributed by atoms with Crippen molar-refractivity contribution in [1.29, 1.82) is 0 Å². The molecule has 0 aromatic heterocycles. The van der Waals surface area contributed by atoms with Gasteiger partial charge in [-0.15, -0.1) is 0 Å². The second kappa shape index (κ2) is 8.61. The number of carboxylic acids is 1. The van der Waals surface area contributed by atoms with Gasteiger partial charge >= 0.3 is 5.97 Å². The van der Waals surface area contributed by atoms with Crippen molar-refractivity contribution in [1.82, 2.24) is 4.90 Å². The summed E-state index contributed by atoms with van der Waals surface area (Å²) in [5.74, 6) is 0.205. The molecule has 1 saturated heterocycles. The van der Waals surface area contributed by atoms with Gasteiger partial charge in [0.05, 0.1) is 5.02 Å². The van der Waals surface area contributed by atoms with Crippen LogP contribution in [0.25, 0.3) is 0 Å². The number of ether oxygens (including phenoxy) is 1. The van der Waals surface area contributed by atoms with E-state index in [-0.39, 0.29) is 6.42 Å². The minimum Gasteiger partial charge on any atom is -0.491 e. The third-order valence-corrected chi connectivity index (χ3v) is 4.51. The van der Waals surface area contributed by atoms with Gasteiger partial charge in [-0.05, 0) is 50.4 Å². The van der Waals surface area contributed by atoms with Crippen LogP contribution in [0.4, 0.5) is 0 Å². The van der Waals surface area contributed by atoms with Gasteiger partial charge in [-0.1, -0.05) is 23.2 Å². The number of carboxylic acid groups (broad SMARTS) is 1. The number of hydrogen-bond donors (Lipinski definition) is 1. The summed E-state index contributed by atoms with van der Waals surface area (Å²) in [6.45, 7) is 3.26. The summed E-state index contributed by atoms with van der Waals surface area (Å²) in [5, 5.41) is 10.0. The van der Waals surface area contributed by atoms with E-state index in [1.54, 1.807) is 18.2 Å². The van der Waals surface area contributed by atoms with E-state index in [0.717, 1.165) is 38.9 Å². The molecule has 1 atom stereocenters. The Morgan fingerprint density at radius 2 is 2.14 bits per heavy atom. The van der Waals surface area contributed by atoms with Crippen LogP contribution in [-0.2, 0) is 4.79 Å². The van der Waals surface area contributed by atoms with E-state index >= 15 is 0 Å². The van der Waals surface area contributed by atoms with Gasteiger partial charge in [0.25, 0.3) is 0 Å². The van der Waals surface area contributed by atoms with Gasteiger partial charge in [0.1, 0.15) is 12.4 Å². The Bertz CT molecular complexity index is 510. The summed E-state index contributed by atoms with van der Waals surface area (Å²) in [4.78, 5) is 13.1. The first-order chi connectivity index (χ1) is 10.5. The highest BCUT2D eigenvalue weighted by molar-refractivity contribution is 6.34. The molecule has 1 aliphatic rings. The Labute approximate surface area is 141 Å². The predicted octanol–water partition coefficient (Wildman–Crippen LogP) is 3.95. The molecular formula is C16H21Cl2NO3. The number of nitrogens with zero attached hydrogens (tertiary/aromatic N) is 1. The number of carbonyl (C=O) groups is 1. The van der Waals surface area contributed by atoms with E-state index in [2.05, 4.69) is 4.90 Å². The molecule has 1 aromatic carbocycles. The average molecular weight is 346 g/mol. The zero-order valence-corrected chi connectivity index (χ0v) is 13.9. The Hall–Kier alpha value is -0.970. The van der Waals surface area contributed by atoms with Crippen molar-refractivity contribution in [3.63, 3.8) is 0 Å². The third-order valence-electron chi connectivity index (χ3n) is 3.96. The Kier molecular flexibility index (Phi) is 6.80. The first kappa shape index (κ1) is 17.4. The molecule has 0 aliphatic carbocycles. The first-order valence-corrected chi connectivity index (χ1v) is 8.32. The smallest absolute Gasteiger partial charge is 0.303 e. The summed E-state index contributed by atoms with van der Waals surface area (Å²) in [7, 11) is 0. The molecule has 1 fully saturated rings. The van der Waals surface area contributed by atoms with Crippen LogP contribution in [0, 0.1) is 5.92 Å². The minimum atomic E-state index is -0.697. The number of rotatable bonds is 6. The van der Waals surface area contributed by atoms with Crippen LogP contribution in [0.15, 0.2) is 18.2 Å². The predicted molar refractivity (Wildman–Crippen MR) is 88.0 cm³/mol. The number of aliphatic carboxylic acids is 1. The highest BCUT2D eigenvalue weighted by Crippen LogP contribution is 2.27. The Morgan fingerprint density at radius 3 is 2.91 bits per heavy atom. The molecular weight excluding hydrogens is 325 g/mol. The lowest BCUT2D eigenvalue weighted by atomic mass is 9.97. The van der Waals surface area contributed by atoms with Crippen molar-refractivity contribution in [2.24, 2.45) is 5.92 Å². The van der Waals surface area contributed by atoms with Crippen molar-refractivity contribution in [2.75, 3.05) is 26.2 Å². The van der Waals surface area contributed by atoms with Crippen LogP contribution in [0.1, 0.15) is 25.7 Å². The van der Waals surface area contributed by atoms with Gasteiger partial charge in [-0.25, -0.2) is 0 Å². The molecule has 0 spiro atoms. The van der Waals surface area contributed by atoms with E-state index in [4.69, 9.17) is 33.0 Å². The minimum absolute atomic E-state index is 0.280. The normalized spacial score (nSPS) is 19.6. The molecule has 6 heteroatoms. The molecule has 22 heavy (non-hydrogen) atoms. The standard InChI is InChI=1S/C16H21Cl2NO3/c17-13-3-4-14(18)15(11-13)22-9-8-19-6-1-2-12(5-7-19)10-16(20)21/h3-4,11-12H,1-2,5-10H2,(H,20,21)/t12-/m1/s1. The zero-order valence-electron chi connectivity index (χ0n) is 12.4. The summed E-state index contributed by atoms with van der Waals surface area (Å²) < 4.78 is 5.70. The summed E-state index contributed by atoms with van der Waals surface area (Å²) >= 11 is 12.0. The number of halogens is 2. The molecule has 1 aliphatic heterocycles. The van der Waals surface area contributed by atoms with Crippen molar-refractivity contribution >= 4 is 29.2 Å². The molecule has 1 N–H and O–H groups in total.